The molecule has 0 aliphatic heterocycles. The summed E-state index contributed by atoms with van der Waals surface area (Å²) in [6.07, 6.45) is 2.42. The molecule has 0 saturated carbocycles. The predicted octanol–water partition coefficient (Wildman–Crippen LogP) is 4.68. The number of nitrogens with zero attached hydrogens (tertiary/aromatic N) is 4. The van der Waals surface area contributed by atoms with Gasteiger partial charge in [-0.2, -0.15) is 18.3 Å². The maximum Gasteiger partial charge on any atom is 0.433 e. The molecule has 0 spiro atoms. The Morgan fingerprint density at radius 3 is 2.72 bits per heavy atom. The minimum Gasteiger partial charge on any atom is -0.264 e. The van der Waals surface area contributed by atoms with Crippen LogP contribution in [0, 0.1) is 0 Å². The lowest BCUT2D eigenvalue weighted by molar-refractivity contribution is -0.143. The van der Waals surface area contributed by atoms with Gasteiger partial charge in [0.15, 0.2) is 5.69 Å². The molecule has 0 bridgehead atoms. The van der Waals surface area contributed by atoms with Crippen LogP contribution in [-0.2, 0) is 19.0 Å². The molecule has 1 aliphatic carbocycles. The monoisotopic (exact) mass is 364 g/mol. The van der Waals surface area contributed by atoms with Crippen LogP contribution in [0.3, 0.4) is 0 Å². The molecule has 0 atom stereocenters. The summed E-state index contributed by atoms with van der Waals surface area (Å²) >= 11 is 1.16. The van der Waals surface area contributed by atoms with Gasteiger partial charge in [0, 0.05) is 28.9 Å². The summed E-state index contributed by atoms with van der Waals surface area (Å²) in [5.41, 5.74) is 1.60. The van der Waals surface area contributed by atoms with Crippen molar-refractivity contribution < 1.29 is 13.2 Å². The fraction of sp³-hybridized carbons (Fsp3) is 0.353. The fourth-order valence-electron chi connectivity index (χ4n) is 3.17. The number of fused-ring (bicyclic) bond motifs is 1. The number of halogens is 3. The van der Waals surface area contributed by atoms with Crippen LogP contribution in [0.4, 0.5) is 13.2 Å². The van der Waals surface area contributed by atoms with E-state index in [9.17, 15) is 13.2 Å². The average molecular weight is 364 g/mol. The van der Waals surface area contributed by atoms with Crippen LogP contribution >= 0.6 is 11.3 Å². The van der Waals surface area contributed by atoms with Gasteiger partial charge in [0.1, 0.15) is 0 Å². The third-order valence-electron chi connectivity index (χ3n) is 4.31. The van der Waals surface area contributed by atoms with Gasteiger partial charge in [-0.1, -0.05) is 6.42 Å². The lowest BCUT2D eigenvalue weighted by atomic mass is 10.1. The van der Waals surface area contributed by atoms with E-state index in [-0.39, 0.29) is 5.13 Å². The first-order valence-electron chi connectivity index (χ1n) is 8.08. The number of rotatable bonds is 2. The molecule has 8 heteroatoms. The van der Waals surface area contributed by atoms with Gasteiger partial charge >= 0.3 is 6.18 Å². The van der Waals surface area contributed by atoms with Crippen LogP contribution in [0.1, 0.15) is 36.2 Å². The summed E-state index contributed by atoms with van der Waals surface area (Å²) < 4.78 is 42.2. The summed E-state index contributed by atoms with van der Waals surface area (Å²) in [7, 11) is 0. The van der Waals surface area contributed by atoms with Gasteiger partial charge in [0.05, 0.1) is 11.4 Å². The van der Waals surface area contributed by atoms with Crippen LogP contribution < -0.4 is 0 Å². The van der Waals surface area contributed by atoms with Gasteiger partial charge in [-0.15, -0.1) is 11.3 Å². The first-order valence-corrected chi connectivity index (χ1v) is 8.96. The highest BCUT2D eigenvalue weighted by molar-refractivity contribution is 7.12. The van der Waals surface area contributed by atoms with E-state index in [1.54, 1.807) is 23.8 Å². The number of alkyl halides is 3. The SMILES string of the molecule is FC(F)(F)c1c2c(nn1-c1nc(-c3cccnc3)cs1)CCCCC2. The topological polar surface area (TPSA) is 43.6 Å². The maximum absolute atomic E-state index is 13.7. The quantitative estimate of drug-likeness (QED) is 0.620. The first-order chi connectivity index (χ1) is 12.0. The Morgan fingerprint density at radius 1 is 1.12 bits per heavy atom. The molecule has 0 unspecified atom stereocenters. The molecular weight excluding hydrogens is 349 g/mol. The molecule has 3 aromatic heterocycles. The van der Waals surface area contributed by atoms with Gasteiger partial charge in [0.2, 0.25) is 5.13 Å². The van der Waals surface area contributed by atoms with Crippen molar-refractivity contribution in [3.05, 3.63) is 46.9 Å². The van der Waals surface area contributed by atoms with Crippen molar-refractivity contribution in [1.29, 1.82) is 0 Å². The number of thiazole rings is 1. The zero-order valence-corrected chi connectivity index (χ0v) is 14.1. The van der Waals surface area contributed by atoms with Crippen molar-refractivity contribution in [2.45, 2.75) is 38.3 Å². The molecule has 3 heterocycles. The van der Waals surface area contributed by atoms with E-state index in [4.69, 9.17) is 0 Å². The van der Waals surface area contributed by atoms with E-state index in [2.05, 4.69) is 15.1 Å². The minimum atomic E-state index is -4.45. The van der Waals surface area contributed by atoms with Gasteiger partial charge in [-0.25, -0.2) is 9.67 Å². The molecule has 3 aromatic rings. The fourth-order valence-corrected chi connectivity index (χ4v) is 3.96. The highest BCUT2D eigenvalue weighted by Gasteiger charge is 2.41. The molecule has 0 saturated heterocycles. The number of aryl methyl sites for hydroxylation is 1. The molecule has 0 amide bonds. The number of hydrogen-bond acceptors (Lipinski definition) is 4. The molecule has 0 aromatic carbocycles. The largest absolute Gasteiger partial charge is 0.433 e. The normalized spacial score (nSPS) is 15.0. The summed E-state index contributed by atoms with van der Waals surface area (Å²) in [5.74, 6) is 0. The standard InChI is InChI=1S/C17H15F3N4S/c18-17(19,20)15-12-6-2-1-3-7-13(12)23-24(15)16-22-14(10-25-16)11-5-4-8-21-9-11/h4-5,8-10H,1-3,6-7H2. The second-order valence-corrected chi connectivity index (χ2v) is 6.84. The van der Waals surface area contributed by atoms with Crippen LogP contribution in [0.25, 0.3) is 16.4 Å². The lowest BCUT2D eigenvalue weighted by Gasteiger charge is -2.10. The van der Waals surface area contributed by atoms with E-state index >= 15 is 0 Å². The number of aromatic nitrogens is 4. The Labute approximate surface area is 146 Å². The van der Waals surface area contributed by atoms with E-state index in [1.807, 2.05) is 6.07 Å². The molecule has 4 nitrogen and oxygen atoms in total. The Kier molecular flexibility index (Phi) is 4.07. The molecule has 0 fully saturated rings. The van der Waals surface area contributed by atoms with Crippen LogP contribution in [0.5, 0.6) is 0 Å². The van der Waals surface area contributed by atoms with Crippen molar-refractivity contribution in [2.75, 3.05) is 0 Å². The van der Waals surface area contributed by atoms with Gasteiger partial charge in [0.25, 0.3) is 0 Å². The highest BCUT2D eigenvalue weighted by atomic mass is 32.1. The van der Waals surface area contributed by atoms with E-state index < -0.39 is 11.9 Å². The third kappa shape index (κ3) is 3.06. The van der Waals surface area contributed by atoms with Crippen molar-refractivity contribution in [1.82, 2.24) is 19.7 Å². The van der Waals surface area contributed by atoms with Crippen molar-refractivity contribution >= 4 is 11.3 Å². The first kappa shape index (κ1) is 16.3. The van der Waals surface area contributed by atoms with Crippen molar-refractivity contribution in [3.63, 3.8) is 0 Å². The molecule has 4 rings (SSSR count). The Hall–Kier alpha value is -2.22. The van der Waals surface area contributed by atoms with Crippen molar-refractivity contribution in [2.24, 2.45) is 0 Å². The Morgan fingerprint density at radius 2 is 1.96 bits per heavy atom. The minimum absolute atomic E-state index is 0.235. The van der Waals surface area contributed by atoms with Crippen molar-refractivity contribution in [3.8, 4) is 16.4 Å². The van der Waals surface area contributed by atoms with E-state index in [1.165, 1.54) is 0 Å². The lowest BCUT2D eigenvalue weighted by Crippen LogP contribution is -2.15. The van der Waals surface area contributed by atoms with E-state index in [0.29, 0.717) is 29.8 Å². The number of pyridine rings is 1. The number of hydrogen-bond donors (Lipinski definition) is 0. The smallest absolute Gasteiger partial charge is 0.264 e. The van der Waals surface area contributed by atoms with Crippen LogP contribution in [0.15, 0.2) is 29.9 Å². The second-order valence-electron chi connectivity index (χ2n) is 6.00. The molecule has 1 aliphatic rings. The van der Waals surface area contributed by atoms with Gasteiger partial charge < -0.3 is 0 Å². The molecule has 0 N–H and O–H groups in total. The zero-order chi connectivity index (χ0) is 17.4. The summed E-state index contributed by atoms with van der Waals surface area (Å²) in [4.78, 5) is 8.40. The molecule has 25 heavy (non-hydrogen) atoms. The second kappa shape index (κ2) is 6.25. The summed E-state index contributed by atoms with van der Waals surface area (Å²) in [6, 6.07) is 3.60. The molecule has 0 radical (unpaired) electrons. The average Bonchev–Trinajstić information content (AvgIpc) is 3.15. The van der Waals surface area contributed by atoms with Gasteiger partial charge in [-0.3, -0.25) is 4.98 Å². The van der Waals surface area contributed by atoms with Crippen LogP contribution in [0.2, 0.25) is 0 Å². The molecule has 130 valence electrons. The predicted molar refractivity (Wildman–Crippen MR) is 88.7 cm³/mol. The maximum atomic E-state index is 13.7. The van der Waals surface area contributed by atoms with Gasteiger partial charge in [-0.05, 0) is 37.8 Å². The summed E-state index contributed by atoms with van der Waals surface area (Å²) in [6.45, 7) is 0. The van der Waals surface area contributed by atoms with Crippen LogP contribution in [-0.4, -0.2) is 19.7 Å². The zero-order valence-electron chi connectivity index (χ0n) is 13.3. The third-order valence-corrected chi connectivity index (χ3v) is 5.12. The molecular formula is C17H15F3N4S. The Balaban J connectivity index is 1.82. The van der Waals surface area contributed by atoms with E-state index in [0.717, 1.165) is 40.8 Å². The Bertz CT molecular complexity index is 883. The summed E-state index contributed by atoms with van der Waals surface area (Å²) in [5, 5.41) is 6.25. The highest BCUT2D eigenvalue weighted by Crippen LogP contribution is 2.38.